The minimum Gasteiger partial charge on any atom is -0.465 e. The number of esters is 1. The zero-order chi connectivity index (χ0) is 14.7. The van der Waals surface area contributed by atoms with Crippen LogP contribution >= 0.6 is 15.9 Å². The quantitative estimate of drug-likeness (QED) is 0.853. The molecule has 6 heteroatoms. The van der Waals surface area contributed by atoms with Gasteiger partial charge in [-0.1, -0.05) is 13.3 Å². The van der Waals surface area contributed by atoms with Gasteiger partial charge in [0.25, 0.3) is 0 Å². The van der Waals surface area contributed by atoms with Gasteiger partial charge in [-0.2, -0.15) is 0 Å². The molecule has 0 radical (unpaired) electrons. The van der Waals surface area contributed by atoms with Gasteiger partial charge in [0.15, 0.2) is 0 Å². The topological polar surface area (TPSA) is 68.5 Å². The minimum atomic E-state index is -0.364. The van der Waals surface area contributed by atoms with Crippen LogP contribution in [0.4, 0.5) is 5.82 Å². The SMILES string of the molecule is CCC1CN(c2ncc(Br)cc2C(=O)OC)CCC1N. The summed E-state index contributed by atoms with van der Waals surface area (Å²) in [6.07, 6.45) is 3.65. The fourth-order valence-corrected chi connectivity index (χ4v) is 2.95. The van der Waals surface area contributed by atoms with Gasteiger partial charge in [-0.15, -0.1) is 0 Å². The Morgan fingerprint density at radius 2 is 2.40 bits per heavy atom. The number of hydrogen-bond acceptors (Lipinski definition) is 5. The maximum absolute atomic E-state index is 11.9. The van der Waals surface area contributed by atoms with Crippen LogP contribution in [0.15, 0.2) is 16.7 Å². The second kappa shape index (κ2) is 6.54. The molecule has 1 fully saturated rings. The summed E-state index contributed by atoms with van der Waals surface area (Å²) in [5.74, 6) is 0.752. The van der Waals surface area contributed by atoms with Gasteiger partial charge in [-0.3, -0.25) is 0 Å². The molecule has 1 aromatic rings. The minimum absolute atomic E-state index is 0.230. The highest BCUT2D eigenvalue weighted by Crippen LogP contribution is 2.27. The molecular formula is C14H20BrN3O2. The standard InChI is InChI=1S/C14H20BrN3O2/c1-3-9-8-18(5-4-12(9)16)13-11(14(19)20-2)6-10(15)7-17-13/h6-7,9,12H,3-5,8,16H2,1-2H3. The zero-order valence-corrected chi connectivity index (χ0v) is 13.4. The van der Waals surface area contributed by atoms with E-state index in [1.807, 2.05) is 0 Å². The lowest BCUT2D eigenvalue weighted by Crippen LogP contribution is -2.47. The lowest BCUT2D eigenvalue weighted by Gasteiger charge is -2.37. The fraction of sp³-hybridized carbons (Fsp3) is 0.571. The number of carbonyl (C=O) groups is 1. The monoisotopic (exact) mass is 341 g/mol. The summed E-state index contributed by atoms with van der Waals surface area (Å²) in [6, 6.07) is 1.98. The van der Waals surface area contributed by atoms with Gasteiger partial charge in [-0.05, 0) is 34.3 Å². The molecule has 2 atom stereocenters. The van der Waals surface area contributed by atoms with E-state index in [2.05, 4.69) is 32.7 Å². The Morgan fingerprint density at radius 3 is 3.05 bits per heavy atom. The Hall–Kier alpha value is -1.14. The normalized spacial score (nSPS) is 22.7. The molecule has 110 valence electrons. The molecule has 2 heterocycles. The first kappa shape index (κ1) is 15.3. The number of nitrogens with zero attached hydrogens (tertiary/aromatic N) is 2. The highest BCUT2D eigenvalue weighted by molar-refractivity contribution is 9.10. The Balaban J connectivity index is 2.30. The number of piperidine rings is 1. The lowest BCUT2D eigenvalue weighted by molar-refractivity contribution is 0.0600. The fourth-order valence-electron chi connectivity index (χ4n) is 2.62. The van der Waals surface area contributed by atoms with Crippen LogP contribution < -0.4 is 10.6 Å². The van der Waals surface area contributed by atoms with Crippen LogP contribution in [-0.4, -0.2) is 37.2 Å². The number of aromatic nitrogens is 1. The highest BCUT2D eigenvalue weighted by atomic mass is 79.9. The molecule has 0 aliphatic carbocycles. The molecule has 20 heavy (non-hydrogen) atoms. The van der Waals surface area contributed by atoms with Crippen molar-refractivity contribution in [2.24, 2.45) is 11.7 Å². The molecule has 0 saturated carbocycles. The van der Waals surface area contributed by atoms with Crippen LogP contribution in [0.1, 0.15) is 30.1 Å². The lowest BCUT2D eigenvalue weighted by atomic mass is 9.90. The third-order valence-electron chi connectivity index (χ3n) is 3.86. The van der Waals surface area contributed by atoms with E-state index >= 15 is 0 Å². The van der Waals surface area contributed by atoms with Gasteiger partial charge >= 0.3 is 5.97 Å². The van der Waals surface area contributed by atoms with Crippen LogP contribution in [0.25, 0.3) is 0 Å². The van der Waals surface area contributed by atoms with Crippen LogP contribution in [0.2, 0.25) is 0 Å². The number of carbonyl (C=O) groups excluding carboxylic acids is 1. The Morgan fingerprint density at radius 1 is 1.65 bits per heavy atom. The number of anilines is 1. The van der Waals surface area contributed by atoms with Gasteiger partial charge in [0.1, 0.15) is 11.4 Å². The Bertz CT molecular complexity index is 495. The number of pyridine rings is 1. The highest BCUT2D eigenvalue weighted by Gasteiger charge is 2.28. The average Bonchev–Trinajstić information content (AvgIpc) is 2.47. The van der Waals surface area contributed by atoms with Crippen molar-refractivity contribution in [1.82, 2.24) is 4.98 Å². The third kappa shape index (κ3) is 3.12. The molecule has 1 aliphatic heterocycles. The molecule has 2 N–H and O–H groups in total. The summed E-state index contributed by atoms with van der Waals surface area (Å²) >= 11 is 3.34. The first-order chi connectivity index (χ1) is 9.56. The molecule has 0 spiro atoms. The van der Waals surface area contributed by atoms with Crippen LogP contribution in [0, 0.1) is 5.92 Å². The number of nitrogens with two attached hydrogens (primary N) is 1. The van der Waals surface area contributed by atoms with Crippen molar-refractivity contribution in [3.05, 3.63) is 22.3 Å². The molecule has 5 nitrogen and oxygen atoms in total. The van der Waals surface area contributed by atoms with E-state index in [1.165, 1.54) is 7.11 Å². The zero-order valence-electron chi connectivity index (χ0n) is 11.8. The molecule has 1 aliphatic rings. The summed E-state index contributed by atoms with van der Waals surface area (Å²) in [5.41, 5.74) is 6.62. The van der Waals surface area contributed by atoms with Gasteiger partial charge in [0.2, 0.25) is 0 Å². The molecule has 2 unspecified atom stereocenters. The van der Waals surface area contributed by atoms with Crippen LogP contribution in [0.5, 0.6) is 0 Å². The summed E-state index contributed by atoms with van der Waals surface area (Å²) < 4.78 is 5.61. The van der Waals surface area contributed by atoms with E-state index in [4.69, 9.17) is 10.5 Å². The first-order valence-electron chi connectivity index (χ1n) is 6.81. The molecule has 0 amide bonds. The maximum Gasteiger partial charge on any atom is 0.341 e. The van der Waals surface area contributed by atoms with Crippen molar-refractivity contribution in [3.63, 3.8) is 0 Å². The van der Waals surface area contributed by atoms with E-state index in [0.717, 1.165) is 30.4 Å². The third-order valence-corrected chi connectivity index (χ3v) is 4.29. The number of ether oxygens (including phenoxy) is 1. The van der Waals surface area contributed by atoms with Gasteiger partial charge in [0, 0.05) is 29.8 Å². The van der Waals surface area contributed by atoms with E-state index < -0.39 is 0 Å². The van der Waals surface area contributed by atoms with Gasteiger partial charge < -0.3 is 15.4 Å². The van der Waals surface area contributed by atoms with Gasteiger partial charge in [-0.25, -0.2) is 9.78 Å². The van der Waals surface area contributed by atoms with Crippen molar-refractivity contribution < 1.29 is 9.53 Å². The number of hydrogen-bond donors (Lipinski definition) is 1. The van der Waals surface area contributed by atoms with Crippen molar-refractivity contribution >= 4 is 27.7 Å². The summed E-state index contributed by atoms with van der Waals surface area (Å²) in [7, 11) is 1.38. The second-order valence-corrected chi connectivity index (χ2v) is 6.00. The maximum atomic E-state index is 11.9. The predicted molar refractivity (Wildman–Crippen MR) is 81.9 cm³/mol. The van der Waals surface area contributed by atoms with Crippen molar-refractivity contribution in [2.45, 2.75) is 25.8 Å². The van der Waals surface area contributed by atoms with Crippen LogP contribution in [0.3, 0.4) is 0 Å². The van der Waals surface area contributed by atoms with E-state index in [0.29, 0.717) is 17.3 Å². The Labute approximate surface area is 127 Å². The molecule has 1 aromatic heterocycles. The predicted octanol–water partition coefficient (Wildman–Crippen LogP) is 2.19. The average molecular weight is 342 g/mol. The van der Waals surface area contributed by atoms with E-state index in [-0.39, 0.29) is 12.0 Å². The number of halogens is 1. The van der Waals surface area contributed by atoms with Crippen LogP contribution in [-0.2, 0) is 4.74 Å². The summed E-state index contributed by atoms with van der Waals surface area (Å²) in [5, 5.41) is 0. The van der Waals surface area contributed by atoms with Crippen molar-refractivity contribution in [1.29, 1.82) is 0 Å². The van der Waals surface area contributed by atoms with E-state index in [9.17, 15) is 4.79 Å². The number of methoxy groups -OCH3 is 1. The molecular weight excluding hydrogens is 322 g/mol. The summed E-state index contributed by atoms with van der Waals surface area (Å²) in [4.78, 5) is 18.4. The summed E-state index contributed by atoms with van der Waals surface area (Å²) in [6.45, 7) is 3.79. The molecule has 0 bridgehead atoms. The smallest absolute Gasteiger partial charge is 0.341 e. The molecule has 0 aromatic carbocycles. The van der Waals surface area contributed by atoms with Crippen molar-refractivity contribution in [3.8, 4) is 0 Å². The molecule has 1 saturated heterocycles. The largest absolute Gasteiger partial charge is 0.465 e. The second-order valence-electron chi connectivity index (χ2n) is 5.08. The molecule has 2 rings (SSSR count). The number of rotatable bonds is 3. The Kier molecular flexibility index (Phi) is 4.99. The van der Waals surface area contributed by atoms with Gasteiger partial charge in [0.05, 0.1) is 7.11 Å². The first-order valence-corrected chi connectivity index (χ1v) is 7.60. The van der Waals surface area contributed by atoms with E-state index in [1.54, 1.807) is 12.3 Å². The van der Waals surface area contributed by atoms with Crippen molar-refractivity contribution in [2.75, 3.05) is 25.1 Å².